The van der Waals surface area contributed by atoms with Crippen LogP contribution in [-0.4, -0.2) is 15.0 Å². The molecule has 0 spiro atoms. The molecule has 0 atom stereocenters. The zero-order chi connectivity index (χ0) is 37.0. The summed E-state index contributed by atoms with van der Waals surface area (Å²) >= 11 is 0. The Morgan fingerprint density at radius 2 is 0.768 bits per heavy atom. The molecule has 8 aromatic carbocycles. The van der Waals surface area contributed by atoms with Gasteiger partial charge in [0, 0.05) is 29.1 Å². The molecule has 0 bridgehead atoms. The van der Waals surface area contributed by atoms with E-state index >= 15 is 0 Å². The fourth-order valence-electron chi connectivity index (χ4n) is 8.66. The van der Waals surface area contributed by atoms with Gasteiger partial charge in [0.05, 0.1) is 11.4 Å². The number of nitrogens with zero attached hydrogens (tertiary/aromatic N) is 3. The molecule has 260 valence electrons. The van der Waals surface area contributed by atoms with Crippen molar-refractivity contribution in [3.63, 3.8) is 0 Å². The van der Waals surface area contributed by atoms with Gasteiger partial charge in [0.15, 0.2) is 5.82 Å². The molecule has 0 saturated heterocycles. The average molecular weight is 712 g/mol. The largest absolute Gasteiger partial charge is 0.265 e. The van der Waals surface area contributed by atoms with Gasteiger partial charge in [0.25, 0.3) is 0 Å². The van der Waals surface area contributed by atoms with Crippen molar-refractivity contribution < 1.29 is 0 Å². The van der Waals surface area contributed by atoms with E-state index in [4.69, 9.17) is 9.97 Å². The van der Waals surface area contributed by atoms with Crippen molar-refractivity contribution in [2.24, 2.45) is 0 Å². The second-order valence-electron chi connectivity index (χ2n) is 14.3. The molecular weight excluding hydrogens is 679 g/mol. The molecule has 10 aromatic rings. The average Bonchev–Trinajstić information content (AvgIpc) is 3.61. The third-order valence-corrected chi connectivity index (χ3v) is 11.1. The Labute approximate surface area is 325 Å². The Hall–Kier alpha value is -7.49. The molecule has 0 radical (unpaired) electrons. The van der Waals surface area contributed by atoms with Gasteiger partial charge in [-0.25, -0.2) is 9.97 Å². The minimum absolute atomic E-state index is 0.693. The third-order valence-electron chi connectivity index (χ3n) is 11.1. The van der Waals surface area contributed by atoms with Gasteiger partial charge in [-0.3, -0.25) is 4.98 Å². The lowest BCUT2D eigenvalue weighted by Crippen LogP contribution is -1.96. The predicted molar refractivity (Wildman–Crippen MR) is 232 cm³/mol. The van der Waals surface area contributed by atoms with E-state index in [2.05, 4.69) is 175 Å². The number of aromatic nitrogens is 3. The van der Waals surface area contributed by atoms with E-state index < -0.39 is 0 Å². The molecule has 2 heterocycles. The first-order chi connectivity index (χ1) is 27.8. The highest BCUT2D eigenvalue weighted by Crippen LogP contribution is 2.58. The molecule has 0 amide bonds. The topological polar surface area (TPSA) is 38.7 Å². The Bertz CT molecular complexity index is 2990. The number of fused-ring (bicyclic) bond motifs is 4. The van der Waals surface area contributed by atoms with Crippen molar-refractivity contribution in [1.29, 1.82) is 0 Å². The molecule has 0 N–H and O–H groups in total. The summed E-state index contributed by atoms with van der Waals surface area (Å²) in [6.45, 7) is 0. The van der Waals surface area contributed by atoms with Crippen LogP contribution in [0.25, 0.3) is 111 Å². The second-order valence-corrected chi connectivity index (χ2v) is 14.3. The highest BCUT2D eigenvalue weighted by Gasteiger charge is 2.31. The van der Waals surface area contributed by atoms with E-state index in [0.29, 0.717) is 5.82 Å². The lowest BCUT2D eigenvalue weighted by atomic mass is 9.82. The summed E-state index contributed by atoms with van der Waals surface area (Å²) in [5.41, 5.74) is 17.2. The van der Waals surface area contributed by atoms with Crippen molar-refractivity contribution in [2.45, 2.75) is 0 Å². The van der Waals surface area contributed by atoms with Crippen LogP contribution in [0, 0.1) is 0 Å². The minimum atomic E-state index is 0.693. The Morgan fingerprint density at radius 3 is 1.39 bits per heavy atom. The Balaban J connectivity index is 1.17. The normalized spacial score (nSPS) is 11.6. The zero-order valence-electron chi connectivity index (χ0n) is 30.4. The van der Waals surface area contributed by atoms with Crippen LogP contribution in [0.5, 0.6) is 0 Å². The Kier molecular flexibility index (Phi) is 7.49. The lowest BCUT2D eigenvalue weighted by Gasteiger charge is -2.20. The van der Waals surface area contributed by atoms with Crippen LogP contribution in [0.4, 0.5) is 0 Å². The van der Waals surface area contributed by atoms with Crippen LogP contribution in [0.3, 0.4) is 0 Å². The van der Waals surface area contributed by atoms with Crippen LogP contribution in [0.15, 0.2) is 200 Å². The van der Waals surface area contributed by atoms with Gasteiger partial charge >= 0.3 is 0 Å². The van der Waals surface area contributed by atoms with Crippen molar-refractivity contribution in [1.82, 2.24) is 15.0 Å². The lowest BCUT2D eigenvalue weighted by molar-refractivity contribution is 1.18. The van der Waals surface area contributed by atoms with Crippen molar-refractivity contribution in [3.05, 3.63) is 200 Å². The number of rotatable bonds is 6. The van der Waals surface area contributed by atoms with E-state index in [1.54, 1.807) is 0 Å². The van der Waals surface area contributed by atoms with E-state index in [9.17, 15) is 0 Å². The Morgan fingerprint density at radius 1 is 0.286 bits per heavy atom. The molecule has 1 aliphatic carbocycles. The molecule has 56 heavy (non-hydrogen) atoms. The van der Waals surface area contributed by atoms with Gasteiger partial charge in [0.1, 0.15) is 0 Å². The fraction of sp³-hybridized carbons (Fsp3) is 0. The van der Waals surface area contributed by atoms with E-state index in [-0.39, 0.29) is 0 Å². The molecule has 2 aromatic heterocycles. The molecule has 0 fully saturated rings. The molecule has 1 aliphatic rings. The summed E-state index contributed by atoms with van der Waals surface area (Å²) in [4.78, 5) is 14.7. The maximum atomic E-state index is 5.33. The summed E-state index contributed by atoms with van der Waals surface area (Å²) in [7, 11) is 0. The summed E-state index contributed by atoms with van der Waals surface area (Å²) in [5.74, 6) is 0.693. The summed E-state index contributed by atoms with van der Waals surface area (Å²) in [5, 5.41) is 4.94. The standard InChI is InChI=1S/C53H33N3/c1-4-13-36(14-5-1)46-33-47(56-53(55-46)39-25-23-34(24-26-39)35-29-31-54-32-30-35)40-27-28-45-50-41(40)21-12-22-44(50)51-48(37-15-6-2-7-16-37)42-19-10-11-20-43(42)49(52(45)51)38-17-8-3-9-18-38/h1-33H. The van der Waals surface area contributed by atoms with Crippen LogP contribution in [0.2, 0.25) is 0 Å². The summed E-state index contributed by atoms with van der Waals surface area (Å²) in [6.07, 6.45) is 3.65. The third kappa shape index (κ3) is 5.17. The predicted octanol–water partition coefficient (Wildman–Crippen LogP) is 13.8. The number of benzene rings is 8. The molecule has 11 rings (SSSR count). The molecule has 3 heteroatoms. The number of pyridine rings is 1. The first-order valence-electron chi connectivity index (χ1n) is 19.0. The van der Waals surface area contributed by atoms with Crippen molar-refractivity contribution >= 4 is 21.5 Å². The van der Waals surface area contributed by atoms with Crippen LogP contribution in [0.1, 0.15) is 0 Å². The van der Waals surface area contributed by atoms with Crippen LogP contribution in [-0.2, 0) is 0 Å². The molecular formula is C53H33N3. The maximum Gasteiger partial charge on any atom is 0.160 e. The fourth-order valence-corrected chi connectivity index (χ4v) is 8.66. The highest BCUT2D eigenvalue weighted by atomic mass is 14.9. The zero-order valence-corrected chi connectivity index (χ0v) is 30.4. The quantitative estimate of drug-likeness (QED) is 0.172. The highest BCUT2D eigenvalue weighted by molar-refractivity contribution is 6.28. The van der Waals surface area contributed by atoms with Crippen LogP contribution < -0.4 is 0 Å². The minimum Gasteiger partial charge on any atom is -0.265 e. The van der Waals surface area contributed by atoms with Crippen molar-refractivity contribution in [2.75, 3.05) is 0 Å². The molecule has 0 unspecified atom stereocenters. The van der Waals surface area contributed by atoms with E-state index in [1.807, 2.05) is 30.6 Å². The van der Waals surface area contributed by atoms with Gasteiger partial charge in [-0.2, -0.15) is 0 Å². The number of hydrogen-bond donors (Lipinski definition) is 0. The van der Waals surface area contributed by atoms with E-state index in [1.165, 1.54) is 66.1 Å². The SMILES string of the molecule is c1ccc(-c2cc(-c3ccc4c5c(cccc35)-c3c-4c(-c4ccccc4)c4ccccc4c3-c3ccccc3)nc(-c3ccc(-c4ccncc4)cc3)n2)cc1. The molecule has 0 saturated carbocycles. The summed E-state index contributed by atoms with van der Waals surface area (Å²) < 4.78 is 0. The first kappa shape index (κ1) is 32.0. The van der Waals surface area contributed by atoms with Gasteiger partial charge < -0.3 is 0 Å². The summed E-state index contributed by atoms with van der Waals surface area (Å²) in [6, 6.07) is 67.2. The monoisotopic (exact) mass is 711 g/mol. The van der Waals surface area contributed by atoms with Gasteiger partial charge in [-0.05, 0) is 95.4 Å². The molecule has 0 aliphatic heterocycles. The van der Waals surface area contributed by atoms with Crippen molar-refractivity contribution in [3.8, 4) is 89.5 Å². The first-order valence-corrected chi connectivity index (χ1v) is 19.0. The second kappa shape index (κ2) is 13.1. The smallest absolute Gasteiger partial charge is 0.160 e. The van der Waals surface area contributed by atoms with Gasteiger partial charge in [0.2, 0.25) is 0 Å². The van der Waals surface area contributed by atoms with Gasteiger partial charge in [-0.1, -0.05) is 170 Å². The van der Waals surface area contributed by atoms with Crippen LogP contribution >= 0.6 is 0 Å². The maximum absolute atomic E-state index is 5.33. The van der Waals surface area contributed by atoms with Gasteiger partial charge in [-0.15, -0.1) is 0 Å². The molecule has 3 nitrogen and oxygen atoms in total. The van der Waals surface area contributed by atoms with E-state index in [0.717, 1.165) is 39.2 Å². The number of hydrogen-bond acceptors (Lipinski definition) is 3.